The van der Waals surface area contributed by atoms with Crippen LogP contribution in [0.5, 0.6) is 0 Å². The second-order valence-corrected chi connectivity index (χ2v) is 9.29. The molecule has 4 rings (SSSR count). The van der Waals surface area contributed by atoms with Crippen LogP contribution in [-0.4, -0.2) is 44.6 Å². The number of aliphatic hydroxyl groups is 1. The van der Waals surface area contributed by atoms with Crippen LogP contribution < -0.4 is 5.56 Å². The molecular weight excluding hydrogens is 414 g/mol. The summed E-state index contributed by atoms with van der Waals surface area (Å²) >= 11 is 1.19. The molecule has 2 aromatic heterocycles. The van der Waals surface area contributed by atoms with E-state index in [1.165, 1.54) is 11.3 Å². The van der Waals surface area contributed by atoms with E-state index in [0.29, 0.717) is 45.6 Å². The number of hydrogen-bond acceptors (Lipinski definition) is 7. The van der Waals surface area contributed by atoms with E-state index in [1.807, 2.05) is 30.3 Å². The smallest absolute Gasteiger partial charge is 0.348 e. The third-order valence-corrected chi connectivity index (χ3v) is 6.55. The number of ether oxygens (including phenoxy) is 1. The molecule has 1 aromatic carbocycles. The van der Waals surface area contributed by atoms with E-state index >= 15 is 0 Å². The number of benzene rings is 1. The number of rotatable bonds is 8. The van der Waals surface area contributed by atoms with E-state index in [1.54, 1.807) is 20.8 Å². The summed E-state index contributed by atoms with van der Waals surface area (Å²) in [7, 11) is 0. The number of aromatic amines is 1. The van der Waals surface area contributed by atoms with Crippen molar-refractivity contribution in [3.63, 3.8) is 0 Å². The molecule has 2 N–H and O–H groups in total. The third-order valence-electron chi connectivity index (χ3n) is 5.39. The van der Waals surface area contributed by atoms with E-state index < -0.39 is 12.1 Å². The topological polar surface area (TPSA) is 95.5 Å². The molecule has 31 heavy (non-hydrogen) atoms. The molecule has 2 heterocycles. The van der Waals surface area contributed by atoms with Gasteiger partial charge in [0, 0.05) is 12.6 Å². The lowest BCUT2D eigenvalue weighted by Gasteiger charge is -2.24. The maximum atomic E-state index is 12.8. The largest absolute Gasteiger partial charge is 0.459 e. The summed E-state index contributed by atoms with van der Waals surface area (Å²) in [5.41, 5.74) is 1.22. The molecule has 1 aliphatic rings. The molecule has 1 unspecified atom stereocenters. The van der Waals surface area contributed by atoms with E-state index in [2.05, 4.69) is 14.9 Å². The van der Waals surface area contributed by atoms with Crippen LogP contribution in [0.25, 0.3) is 10.2 Å². The van der Waals surface area contributed by atoms with Crippen LogP contribution in [0.4, 0.5) is 0 Å². The number of carbonyl (C=O) groups excluding carboxylic acids is 1. The Bertz CT molecular complexity index is 1130. The second-order valence-electron chi connectivity index (χ2n) is 8.29. The fraction of sp³-hybridized carbons (Fsp3) is 0.435. The van der Waals surface area contributed by atoms with Crippen molar-refractivity contribution in [2.45, 2.75) is 58.4 Å². The first-order chi connectivity index (χ1) is 14.8. The lowest BCUT2D eigenvalue weighted by molar-refractivity contribution is 0.0383. The summed E-state index contributed by atoms with van der Waals surface area (Å²) in [6, 6.07) is 9.94. The number of carbonyl (C=O) groups is 1. The maximum Gasteiger partial charge on any atom is 0.348 e. The first-order valence-corrected chi connectivity index (χ1v) is 11.4. The standard InChI is InChI=1S/C23H27N3O4S/c1-13(2)30-23(29)20-14(3)19-21(28)24-18(25-22(19)31-20)12-26(16-9-10-16)11-17(27)15-7-5-4-6-8-15/h4-8,13,16-17,27H,9-12H2,1-3H3,(H,24,25,28). The van der Waals surface area contributed by atoms with Crippen molar-refractivity contribution in [1.82, 2.24) is 14.9 Å². The highest BCUT2D eigenvalue weighted by Gasteiger charge is 2.31. The number of thiophene rings is 1. The molecule has 0 amide bonds. The quantitative estimate of drug-likeness (QED) is 0.519. The van der Waals surface area contributed by atoms with Gasteiger partial charge in [0.05, 0.1) is 24.1 Å². The molecule has 3 aromatic rings. The van der Waals surface area contributed by atoms with Crippen LogP contribution in [0.2, 0.25) is 0 Å². The first kappa shape index (κ1) is 21.7. The van der Waals surface area contributed by atoms with Crippen molar-refractivity contribution in [2.24, 2.45) is 0 Å². The summed E-state index contributed by atoms with van der Waals surface area (Å²) in [6.07, 6.45) is 1.29. The van der Waals surface area contributed by atoms with Gasteiger partial charge in [0.2, 0.25) is 0 Å². The van der Waals surface area contributed by atoms with Crippen molar-refractivity contribution < 1.29 is 14.6 Å². The minimum Gasteiger partial charge on any atom is -0.459 e. The fourth-order valence-corrected chi connectivity index (χ4v) is 4.79. The monoisotopic (exact) mass is 441 g/mol. The number of aliphatic hydroxyl groups excluding tert-OH is 1. The van der Waals surface area contributed by atoms with Gasteiger partial charge in [0.25, 0.3) is 5.56 Å². The van der Waals surface area contributed by atoms with Gasteiger partial charge in [-0.1, -0.05) is 30.3 Å². The van der Waals surface area contributed by atoms with E-state index in [-0.39, 0.29) is 11.7 Å². The Morgan fingerprint density at radius 1 is 1.32 bits per heavy atom. The predicted molar refractivity (Wildman–Crippen MR) is 120 cm³/mol. The molecule has 1 atom stereocenters. The van der Waals surface area contributed by atoms with E-state index in [0.717, 1.165) is 18.4 Å². The molecular formula is C23H27N3O4S. The minimum atomic E-state index is -0.612. The number of hydrogen-bond donors (Lipinski definition) is 2. The van der Waals surface area contributed by atoms with Crippen LogP contribution in [-0.2, 0) is 11.3 Å². The SMILES string of the molecule is Cc1c(C(=O)OC(C)C)sc2nc(CN(CC(O)c3ccccc3)C3CC3)[nH]c(=O)c12. The summed E-state index contributed by atoms with van der Waals surface area (Å²) in [5, 5.41) is 11.1. The zero-order valence-electron chi connectivity index (χ0n) is 17.9. The van der Waals surface area contributed by atoms with Crippen molar-refractivity contribution in [3.8, 4) is 0 Å². The maximum absolute atomic E-state index is 12.8. The second kappa shape index (κ2) is 8.90. The van der Waals surface area contributed by atoms with Gasteiger partial charge in [-0.05, 0) is 44.7 Å². The lowest BCUT2D eigenvalue weighted by atomic mass is 10.1. The molecule has 164 valence electrons. The lowest BCUT2D eigenvalue weighted by Crippen LogP contribution is -2.32. The van der Waals surface area contributed by atoms with Crippen molar-refractivity contribution in [3.05, 3.63) is 62.5 Å². The van der Waals surface area contributed by atoms with Crippen molar-refractivity contribution in [2.75, 3.05) is 6.54 Å². The van der Waals surface area contributed by atoms with Gasteiger partial charge in [-0.25, -0.2) is 9.78 Å². The average molecular weight is 442 g/mol. The first-order valence-electron chi connectivity index (χ1n) is 10.5. The Kier molecular flexibility index (Phi) is 6.22. The van der Waals surface area contributed by atoms with Gasteiger partial charge in [-0.3, -0.25) is 9.69 Å². The number of aryl methyl sites for hydroxylation is 1. The number of esters is 1. The predicted octanol–water partition coefficient (Wildman–Crippen LogP) is 3.56. The zero-order valence-corrected chi connectivity index (χ0v) is 18.7. The highest BCUT2D eigenvalue weighted by molar-refractivity contribution is 7.20. The molecule has 0 saturated heterocycles. The van der Waals surface area contributed by atoms with Crippen LogP contribution in [0.3, 0.4) is 0 Å². The van der Waals surface area contributed by atoms with Crippen molar-refractivity contribution in [1.29, 1.82) is 0 Å². The molecule has 1 aliphatic carbocycles. The molecule has 0 spiro atoms. The van der Waals surface area contributed by atoms with Crippen molar-refractivity contribution >= 4 is 27.5 Å². The summed E-state index contributed by atoms with van der Waals surface area (Å²) in [4.78, 5) is 35.8. The number of fused-ring (bicyclic) bond motifs is 1. The Morgan fingerprint density at radius 2 is 2.03 bits per heavy atom. The van der Waals surface area contributed by atoms with Gasteiger partial charge in [0.1, 0.15) is 15.5 Å². The number of H-pyrrole nitrogens is 1. The zero-order chi connectivity index (χ0) is 22.1. The molecule has 8 heteroatoms. The van der Waals surface area contributed by atoms with Crippen LogP contribution in [0.1, 0.15) is 59.4 Å². The van der Waals surface area contributed by atoms with E-state index in [9.17, 15) is 14.7 Å². The summed E-state index contributed by atoms with van der Waals surface area (Å²) < 4.78 is 5.30. The fourth-order valence-electron chi connectivity index (χ4n) is 3.70. The van der Waals surface area contributed by atoms with Gasteiger partial charge in [0.15, 0.2) is 0 Å². The normalized spacial score (nSPS) is 15.0. The summed E-state index contributed by atoms with van der Waals surface area (Å²) in [6.45, 7) is 6.23. The number of nitrogens with one attached hydrogen (secondary N) is 1. The molecule has 0 bridgehead atoms. The Balaban J connectivity index is 1.58. The summed E-state index contributed by atoms with van der Waals surface area (Å²) in [5.74, 6) is 0.108. The highest BCUT2D eigenvalue weighted by atomic mass is 32.1. The van der Waals surface area contributed by atoms with Gasteiger partial charge < -0.3 is 14.8 Å². The van der Waals surface area contributed by atoms with Crippen LogP contribution in [0.15, 0.2) is 35.1 Å². The molecule has 7 nitrogen and oxygen atoms in total. The highest BCUT2D eigenvalue weighted by Crippen LogP contribution is 2.31. The van der Waals surface area contributed by atoms with Crippen LogP contribution >= 0.6 is 11.3 Å². The number of nitrogens with zero attached hydrogens (tertiary/aromatic N) is 2. The average Bonchev–Trinajstić information content (AvgIpc) is 3.51. The van der Waals surface area contributed by atoms with Gasteiger partial charge >= 0.3 is 5.97 Å². The Morgan fingerprint density at radius 3 is 2.68 bits per heavy atom. The van der Waals surface area contributed by atoms with Crippen LogP contribution in [0, 0.1) is 6.92 Å². The minimum absolute atomic E-state index is 0.234. The molecule has 1 saturated carbocycles. The van der Waals surface area contributed by atoms with Gasteiger partial charge in [-0.2, -0.15) is 0 Å². The Hall–Kier alpha value is -2.55. The molecule has 1 fully saturated rings. The van der Waals surface area contributed by atoms with E-state index in [4.69, 9.17) is 4.74 Å². The van der Waals surface area contributed by atoms with Gasteiger partial charge in [-0.15, -0.1) is 11.3 Å². The number of aromatic nitrogens is 2. The molecule has 0 radical (unpaired) electrons. The molecule has 0 aliphatic heterocycles. The third kappa shape index (κ3) is 4.87. The Labute approximate surface area is 184 Å².